The van der Waals surface area contributed by atoms with Gasteiger partial charge in [-0.25, -0.2) is 4.79 Å². The zero-order valence-electron chi connectivity index (χ0n) is 14.2. The molecule has 23 heavy (non-hydrogen) atoms. The van der Waals surface area contributed by atoms with Gasteiger partial charge in [0.15, 0.2) is 0 Å². The summed E-state index contributed by atoms with van der Waals surface area (Å²) in [6.07, 6.45) is 0.0625. The van der Waals surface area contributed by atoms with E-state index in [2.05, 4.69) is 0 Å². The number of hydrogen-bond acceptors (Lipinski definition) is 5. The van der Waals surface area contributed by atoms with E-state index in [9.17, 15) is 14.4 Å². The first kappa shape index (κ1) is 18.7. The number of amides is 1. The summed E-state index contributed by atoms with van der Waals surface area (Å²) in [6, 6.07) is 6.53. The van der Waals surface area contributed by atoms with Gasteiger partial charge in [-0.05, 0) is 45.4 Å². The molecule has 6 nitrogen and oxygen atoms in total. The third-order valence-corrected chi connectivity index (χ3v) is 2.98. The Morgan fingerprint density at radius 2 is 1.78 bits per heavy atom. The molecule has 0 heterocycles. The number of nitrogens with zero attached hydrogens (tertiary/aromatic N) is 1. The maximum Gasteiger partial charge on any atom is 0.414 e. The summed E-state index contributed by atoms with van der Waals surface area (Å²) in [7, 11) is 1.59. The van der Waals surface area contributed by atoms with E-state index in [0.717, 1.165) is 0 Å². The lowest BCUT2D eigenvalue weighted by atomic mass is 10.0. The molecule has 0 aliphatic rings. The number of aldehydes is 1. The first-order valence-corrected chi connectivity index (χ1v) is 7.38. The molecule has 0 aliphatic carbocycles. The molecule has 1 aromatic rings. The second-order valence-electron chi connectivity index (χ2n) is 6.00. The third kappa shape index (κ3) is 5.39. The second-order valence-corrected chi connectivity index (χ2v) is 6.00. The molecule has 0 saturated carbocycles. The first-order valence-electron chi connectivity index (χ1n) is 7.38. The third-order valence-electron chi connectivity index (χ3n) is 2.98. The minimum absolute atomic E-state index is 0.211. The number of anilines is 1. The van der Waals surface area contributed by atoms with Crippen molar-refractivity contribution in [2.75, 3.05) is 18.6 Å². The van der Waals surface area contributed by atoms with Crippen molar-refractivity contribution in [2.24, 2.45) is 0 Å². The van der Waals surface area contributed by atoms with Gasteiger partial charge in [-0.3, -0.25) is 9.69 Å². The smallest absolute Gasteiger partial charge is 0.414 e. The van der Waals surface area contributed by atoms with Crippen molar-refractivity contribution in [2.45, 2.75) is 39.2 Å². The largest absolute Gasteiger partial charge is 0.465 e. The number of esters is 1. The Labute approximate surface area is 136 Å². The Hall–Kier alpha value is -2.37. The van der Waals surface area contributed by atoms with Gasteiger partial charge in [0.25, 0.3) is 0 Å². The molecule has 1 aromatic carbocycles. The summed E-state index contributed by atoms with van der Waals surface area (Å²) in [5.74, 6) is -1.55. The average Bonchev–Trinajstić information content (AvgIpc) is 2.46. The standard InChI is InChI=1S/C17H23NO5/c1-6-22-15(20)14(11-19)12-7-9-13(10-8-12)18(5)16(21)23-17(2,3)4/h7-11,14H,6H2,1-5H3. The molecule has 0 aromatic heterocycles. The molecule has 0 fully saturated rings. The van der Waals surface area contributed by atoms with Gasteiger partial charge < -0.3 is 14.3 Å². The van der Waals surface area contributed by atoms with Crippen LogP contribution in [0.25, 0.3) is 0 Å². The van der Waals surface area contributed by atoms with Gasteiger partial charge in [0.2, 0.25) is 0 Å². The number of benzene rings is 1. The number of carbonyl (C=O) groups excluding carboxylic acids is 3. The van der Waals surface area contributed by atoms with Gasteiger partial charge in [-0.2, -0.15) is 0 Å². The Morgan fingerprint density at radius 1 is 1.22 bits per heavy atom. The van der Waals surface area contributed by atoms with Crippen molar-refractivity contribution >= 4 is 24.0 Å². The van der Waals surface area contributed by atoms with Crippen molar-refractivity contribution in [1.29, 1.82) is 0 Å². The fraction of sp³-hybridized carbons (Fsp3) is 0.471. The van der Waals surface area contributed by atoms with E-state index in [1.165, 1.54) is 4.90 Å². The summed E-state index contributed by atoms with van der Waals surface area (Å²) >= 11 is 0. The van der Waals surface area contributed by atoms with E-state index < -0.39 is 23.6 Å². The Bertz CT molecular complexity index is 559. The lowest BCUT2D eigenvalue weighted by Gasteiger charge is -2.24. The van der Waals surface area contributed by atoms with Gasteiger partial charge in [-0.1, -0.05) is 12.1 Å². The highest BCUT2D eigenvalue weighted by Gasteiger charge is 2.23. The van der Waals surface area contributed by atoms with Crippen LogP contribution in [0.5, 0.6) is 0 Å². The van der Waals surface area contributed by atoms with Crippen molar-refractivity contribution in [3.8, 4) is 0 Å². The normalized spacial score (nSPS) is 12.2. The molecule has 1 unspecified atom stereocenters. The predicted molar refractivity (Wildman–Crippen MR) is 86.5 cm³/mol. The predicted octanol–water partition coefficient (Wildman–Crippen LogP) is 2.90. The first-order chi connectivity index (χ1) is 10.7. The van der Waals surface area contributed by atoms with Crippen molar-refractivity contribution < 1.29 is 23.9 Å². The maximum atomic E-state index is 12.0. The molecule has 0 bridgehead atoms. The van der Waals surface area contributed by atoms with Crippen LogP contribution in [-0.4, -0.2) is 37.6 Å². The lowest BCUT2D eigenvalue weighted by molar-refractivity contribution is -0.146. The maximum absolute atomic E-state index is 12.0. The van der Waals surface area contributed by atoms with E-state index >= 15 is 0 Å². The van der Waals surface area contributed by atoms with Crippen LogP contribution in [-0.2, 0) is 19.1 Å². The minimum atomic E-state index is -0.962. The van der Waals surface area contributed by atoms with E-state index in [0.29, 0.717) is 17.5 Å². The monoisotopic (exact) mass is 321 g/mol. The number of carbonyl (C=O) groups is 3. The van der Waals surface area contributed by atoms with Crippen molar-refractivity contribution in [1.82, 2.24) is 0 Å². The molecule has 0 N–H and O–H groups in total. The lowest BCUT2D eigenvalue weighted by Crippen LogP contribution is -2.34. The minimum Gasteiger partial charge on any atom is -0.465 e. The highest BCUT2D eigenvalue weighted by atomic mass is 16.6. The Morgan fingerprint density at radius 3 is 2.22 bits per heavy atom. The molecule has 126 valence electrons. The SMILES string of the molecule is CCOC(=O)C(C=O)c1ccc(N(C)C(=O)OC(C)(C)C)cc1. The fourth-order valence-electron chi connectivity index (χ4n) is 1.84. The number of rotatable bonds is 5. The van der Waals surface area contributed by atoms with Crippen molar-refractivity contribution in [3.63, 3.8) is 0 Å². The number of ether oxygens (including phenoxy) is 2. The van der Waals surface area contributed by atoms with Gasteiger partial charge >= 0.3 is 12.1 Å². The van der Waals surface area contributed by atoms with Crippen LogP contribution in [0.4, 0.5) is 10.5 Å². The van der Waals surface area contributed by atoms with Gasteiger partial charge in [0.1, 0.15) is 17.8 Å². The molecular weight excluding hydrogens is 298 g/mol. The molecular formula is C17H23NO5. The van der Waals surface area contributed by atoms with Crippen molar-refractivity contribution in [3.05, 3.63) is 29.8 Å². The molecule has 1 amide bonds. The summed E-state index contributed by atoms with van der Waals surface area (Å²) in [5, 5.41) is 0. The average molecular weight is 321 g/mol. The molecule has 0 saturated heterocycles. The number of hydrogen-bond donors (Lipinski definition) is 0. The fourth-order valence-corrected chi connectivity index (χ4v) is 1.84. The van der Waals surface area contributed by atoms with Crippen LogP contribution in [0.1, 0.15) is 39.2 Å². The van der Waals surface area contributed by atoms with Crippen LogP contribution in [0.2, 0.25) is 0 Å². The van der Waals surface area contributed by atoms with E-state index in [-0.39, 0.29) is 6.61 Å². The highest BCUT2D eigenvalue weighted by Crippen LogP contribution is 2.21. The van der Waals surface area contributed by atoms with E-state index in [4.69, 9.17) is 9.47 Å². The van der Waals surface area contributed by atoms with E-state index in [1.54, 1.807) is 59.0 Å². The molecule has 0 aliphatic heterocycles. The van der Waals surface area contributed by atoms with Crippen LogP contribution in [0.15, 0.2) is 24.3 Å². The summed E-state index contributed by atoms with van der Waals surface area (Å²) < 4.78 is 10.1. The highest BCUT2D eigenvalue weighted by molar-refractivity contribution is 5.94. The zero-order valence-corrected chi connectivity index (χ0v) is 14.2. The van der Waals surface area contributed by atoms with Crippen LogP contribution >= 0.6 is 0 Å². The Balaban J connectivity index is 2.88. The molecule has 1 rings (SSSR count). The molecule has 6 heteroatoms. The van der Waals surface area contributed by atoms with E-state index in [1.807, 2.05) is 0 Å². The second kappa shape index (κ2) is 7.76. The van der Waals surface area contributed by atoms with Crippen LogP contribution in [0.3, 0.4) is 0 Å². The van der Waals surface area contributed by atoms with Crippen LogP contribution < -0.4 is 4.90 Å². The molecule has 1 atom stereocenters. The quantitative estimate of drug-likeness (QED) is 0.473. The topological polar surface area (TPSA) is 72.9 Å². The van der Waals surface area contributed by atoms with Crippen LogP contribution in [0, 0.1) is 0 Å². The summed E-state index contributed by atoms with van der Waals surface area (Å²) in [5.41, 5.74) is 0.522. The van der Waals surface area contributed by atoms with Gasteiger partial charge in [-0.15, -0.1) is 0 Å². The summed E-state index contributed by atoms with van der Waals surface area (Å²) in [4.78, 5) is 36.2. The zero-order chi connectivity index (χ0) is 17.6. The van der Waals surface area contributed by atoms with Gasteiger partial charge in [0, 0.05) is 12.7 Å². The molecule has 0 spiro atoms. The Kier molecular flexibility index (Phi) is 6.30. The van der Waals surface area contributed by atoms with Gasteiger partial charge in [0.05, 0.1) is 6.61 Å². The summed E-state index contributed by atoms with van der Waals surface area (Å²) in [6.45, 7) is 7.25. The molecule has 0 radical (unpaired) electrons.